The Morgan fingerprint density at radius 2 is 1.97 bits per heavy atom. The van der Waals surface area contributed by atoms with Crippen LogP contribution in [0.15, 0.2) is 46.7 Å². The van der Waals surface area contributed by atoms with Gasteiger partial charge in [-0.2, -0.15) is 0 Å². The van der Waals surface area contributed by atoms with Gasteiger partial charge in [-0.25, -0.2) is 9.18 Å². The molecule has 1 aliphatic rings. The van der Waals surface area contributed by atoms with Crippen molar-refractivity contribution >= 4 is 17.4 Å². The van der Waals surface area contributed by atoms with Crippen LogP contribution >= 0.6 is 0 Å². The maximum absolute atomic E-state index is 13.8. The zero-order valence-electron chi connectivity index (χ0n) is 17.8. The monoisotopic (exact) mass is 412 g/mol. The van der Waals surface area contributed by atoms with Crippen LogP contribution < -0.4 is 0 Å². The summed E-state index contributed by atoms with van der Waals surface area (Å²) in [5.74, 6) is -0.921. The van der Waals surface area contributed by atoms with Crippen LogP contribution in [0.4, 0.5) is 4.39 Å². The van der Waals surface area contributed by atoms with Gasteiger partial charge >= 0.3 is 5.97 Å². The largest absolute Gasteiger partial charge is 0.464 e. The van der Waals surface area contributed by atoms with E-state index in [0.29, 0.717) is 17.7 Å². The minimum absolute atomic E-state index is 0.0457. The summed E-state index contributed by atoms with van der Waals surface area (Å²) in [6.45, 7) is 6.20. The molecule has 0 saturated heterocycles. The lowest BCUT2D eigenvalue weighted by Gasteiger charge is -2.17. The number of aryl methyl sites for hydroxylation is 1. The molecule has 3 rings (SSSR count). The summed E-state index contributed by atoms with van der Waals surface area (Å²) in [4.78, 5) is 22.6. The average Bonchev–Trinajstić information content (AvgIpc) is 2.96. The van der Waals surface area contributed by atoms with E-state index in [4.69, 9.17) is 14.4 Å². The number of hydrogen-bond acceptors (Lipinski definition) is 6. The predicted octanol–water partition coefficient (Wildman–Crippen LogP) is 4.26. The highest BCUT2D eigenvalue weighted by Crippen LogP contribution is 2.39. The summed E-state index contributed by atoms with van der Waals surface area (Å²) in [5.41, 5.74) is 4.58. The van der Waals surface area contributed by atoms with Crippen LogP contribution in [0.25, 0.3) is 0 Å². The van der Waals surface area contributed by atoms with E-state index in [-0.39, 0.29) is 23.6 Å². The smallest absolute Gasteiger partial charge is 0.360 e. The summed E-state index contributed by atoms with van der Waals surface area (Å²) >= 11 is 0. The Bertz CT molecular complexity index is 1030. The van der Waals surface area contributed by atoms with Crippen LogP contribution in [-0.2, 0) is 31.2 Å². The molecule has 0 N–H and O–H groups in total. The fourth-order valence-electron chi connectivity index (χ4n) is 3.71. The third kappa shape index (κ3) is 4.20. The average molecular weight is 412 g/mol. The Balaban J connectivity index is 1.90. The van der Waals surface area contributed by atoms with Gasteiger partial charge in [-0.1, -0.05) is 48.4 Å². The second-order valence-electron chi connectivity index (χ2n) is 7.78. The second kappa shape index (κ2) is 8.65. The van der Waals surface area contributed by atoms with Crippen molar-refractivity contribution in [2.24, 2.45) is 10.3 Å². The lowest BCUT2D eigenvalue weighted by atomic mass is 9.87. The van der Waals surface area contributed by atoms with E-state index in [2.05, 4.69) is 24.2 Å². The molecule has 7 heteroatoms. The number of carbonyl (C=O) groups is 1. The molecule has 30 heavy (non-hydrogen) atoms. The molecule has 0 amide bonds. The number of nitrogens with zero attached hydrogens (tertiary/aromatic N) is 2. The van der Waals surface area contributed by atoms with Gasteiger partial charge in [0.05, 0.1) is 12.8 Å². The van der Waals surface area contributed by atoms with Gasteiger partial charge in [-0.05, 0) is 35.6 Å². The fraction of sp³-hybridized carbons (Fsp3) is 0.348. The van der Waals surface area contributed by atoms with Crippen molar-refractivity contribution in [3.63, 3.8) is 0 Å². The Kier molecular flexibility index (Phi) is 6.20. The van der Waals surface area contributed by atoms with Gasteiger partial charge < -0.3 is 14.4 Å². The van der Waals surface area contributed by atoms with Gasteiger partial charge in [0, 0.05) is 23.1 Å². The van der Waals surface area contributed by atoms with E-state index < -0.39 is 5.97 Å². The molecule has 0 saturated carbocycles. The zero-order chi connectivity index (χ0) is 21.9. The first-order valence-electron chi connectivity index (χ1n) is 9.56. The molecule has 0 radical (unpaired) electrons. The van der Waals surface area contributed by atoms with Gasteiger partial charge in [0.15, 0.2) is 5.71 Å². The first kappa shape index (κ1) is 21.5. The topological polar surface area (TPSA) is 69.5 Å². The molecule has 158 valence electrons. The van der Waals surface area contributed by atoms with Gasteiger partial charge in [-0.3, -0.25) is 0 Å². The minimum Gasteiger partial charge on any atom is -0.464 e. The molecule has 0 bridgehead atoms. The number of esters is 1. The van der Waals surface area contributed by atoms with Crippen molar-refractivity contribution in [3.05, 3.63) is 70.0 Å². The first-order chi connectivity index (χ1) is 14.3. The third-order valence-electron chi connectivity index (χ3n) is 5.24. The summed E-state index contributed by atoms with van der Waals surface area (Å²) in [5, 5.41) is 8.13. The molecule has 0 heterocycles. The minimum atomic E-state index is -0.614. The number of ether oxygens (including phenoxy) is 1. The van der Waals surface area contributed by atoms with E-state index in [0.717, 1.165) is 22.3 Å². The van der Waals surface area contributed by atoms with E-state index in [1.54, 1.807) is 12.1 Å². The summed E-state index contributed by atoms with van der Waals surface area (Å²) in [6, 6.07) is 10.2. The van der Waals surface area contributed by atoms with Gasteiger partial charge in [0.2, 0.25) is 0 Å². The molecule has 0 unspecified atom stereocenters. The molecule has 2 aromatic carbocycles. The second-order valence-corrected chi connectivity index (χ2v) is 7.78. The lowest BCUT2D eigenvalue weighted by molar-refractivity contribution is -0.132. The van der Waals surface area contributed by atoms with Crippen LogP contribution in [-0.4, -0.2) is 31.6 Å². The number of fused-ring (bicyclic) bond motifs is 1. The molecule has 0 atom stereocenters. The van der Waals surface area contributed by atoms with E-state index in [9.17, 15) is 9.18 Å². The number of oxime groups is 2. The normalized spacial score (nSPS) is 16.3. The van der Waals surface area contributed by atoms with Gasteiger partial charge in [0.25, 0.3) is 0 Å². The Morgan fingerprint density at radius 1 is 1.20 bits per heavy atom. The molecule has 2 aromatic rings. The highest BCUT2D eigenvalue weighted by Gasteiger charge is 2.35. The number of methoxy groups -OCH3 is 1. The van der Waals surface area contributed by atoms with Crippen LogP contribution in [0.5, 0.6) is 0 Å². The molecule has 0 spiro atoms. The first-order valence-corrected chi connectivity index (χ1v) is 9.56. The van der Waals surface area contributed by atoms with E-state index >= 15 is 0 Å². The molecule has 1 aliphatic carbocycles. The lowest BCUT2D eigenvalue weighted by Crippen LogP contribution is -2.20. The van der Waals surface area contributed by atoms with Gasteiger partial charge in [-0.15, -0.1) is 0 Å². The van der Waals surface area contributed by atoms with E-state index in [1.165, 1.54) is 26.4 Å². The molecule has 0 aliphatic heterocycles. The fourth-order valence-corrected chi connectivity index (χ4v) is 3.71. The number of benzene rings is 2. The number of hydrogen-bond donors (Lipinski definition) is 0. The Morgan fingerprint density at radius 3 is 2.67 bits per heavy atom. The molecule has 0 aromatic heterocycles. The maximum Gasteiger partial charge on any atom is 0.360 e. The highest BCUT2D eigenvalue weighted by molar-refractivity contribution is 6.43. The SMILES string of the molecule is CO/N=C(/C(=O)OC)c1cccc(C)c1CO/N=C1\CC(C)(C)c2ccc(F)cc21. The number of carbonyl (C=O) groups excluding carboxylic acids is 1. The van der Waals surface area contributed by atoms with Crippen LogP contribution in [0.1, 0.15) is 48.1 Å². The number of rotatable bonds is 6. The van der Waals surface area contributed by atoms with Crippen molar-refractivity contribution in [1.82, 2.24) is 0 Å². The summed E-state index contributed by atoms with van der Waals surface area (Å²) < 4.78 is 18.6. The maximum atomic E-state index is 13.8. The van der Waals surface area contributed by atoms with Crippen LogP contribution in [0, 0.1) is 12.7 Å². The Labute approximate surface area is 175 Å². The molecular formula is C23H25FN2O4. The van der Waals surface area contributed by atoms with Crippen LogP contribution in [0.2, 0.25) is 0 Å². The molecule has 6 nitrogen and oxygen atoms in total. The Hall–Kier alpha value is -3.22. The zero-order valence-corrected chi connectivity index (χ0v) is 17.8. The van der Waals surface area contributed by atoms with Crippen molar-refractivity contribution in [1.29, 1.82) is 0 Å². The van der Waals surface area contributed by atoms with Crippen molar-refractivity contribution in [2.45, 2.75) is 39.2 Å². The third-order valence-corrected chi connectivity index (χ3v) is 5.24. The van der Waals surface area contributed by atoms with Crippen molar-refractivity contribution in [2.75, 3.05) is 14.2 Å². The molecular weight excluding hydrogens is 387 g/mol. The standard InChI is InChI=1S/C23H25FN2O4/c1-14-7-6-8-16(21(26-29-5)22(27)28-4)18(14)13-30-25-20-12-23(2,3)19-10-9-15(24)11-17(19)20/h6-11H,12-13H2,1-5H3/b25-20+,26-21+. The quantitative estimate of drug-likeness (QED) is 0.404. The molecule has 0 fully saturated rings. The highest BCUT2D eigenvalue weighted by atomic mass is 19.1. The predicted molar refractivity (Wildman–Crippen MR) is 112 cm³/mol. The summed E-state index contributed by atoms with van der Waals surface area (Å²) in [7, 11) is 2.64. The van der Waals surface area contributed by atoms with Gasteiger partial charge in [0.1, 0.15) is 19.5 Å². The summed E-state index contributed by atoms with van der Waals surface area (Å²) in [6.07, 6.45) is 0.644. The number of halogens is 1. The van der Waals surface area contributed by atoms with Crippen molar-refractivity contribution in [3.8, 4) is 0 Å². The van der Waals surface area contributed by atoms with E-state index in [1.807, 2.05) is 19.1 Å². The van der Waals surface area contributed by atoms with Crippen molar-refractivity contribution < 1.29 is 23.6 Å². The van der Waals surface area contributed by atoms with Crippen LogP contribution in [0.3, 0.4) is 0 Å².